The van der Waals surface area contributed by atoms with Gasteiger partial charge in [0.1, 0.15) is 0 Å². The topological polar surface area (TPSA) is 114 Å². The maximum absolute atomic E-state index is 12.6. The molecule has 4 N–H and O–H groups in total. The van der Waals surface area contributed by atoms with Crippen molar-refractivity contribution in [2.24, 2.45) is 23.5 Å². The van der Waals surface area contributed by atoms with E-state index in [-0.39, 0.29) is 23.9 Å². The lowest BCUT2D eigenvalue weighted by atomic mass is 9.53. The maximum Gasteiger partial charge on any atom is 0.321 e. The Bertz CT molecular complexity index is 802. The van der Waals surface area contributed by atoms with E-state index in [0.29, 0.717) is 4.34 Å². The van der Waals surface area contributed by atoms with Crippen molar-refractivity contribution >= 4 is 40.9 Å². The highest BCUT2D eigenvalue weighted by molar-refractivity contribution is 8.02. The van der Waals surface area contributed by atoms with Crippen molar-refractivity contribution in [3.63, 3.8) is 0 Å². The molecule has 4 aliphatic carbocycles. The number of imide groups is 1. The van der Waals surface area contributed by atoms with Crippen LogP contribution >= 0.6 is 23.1 Å². The van der Waals surface area contributed by atoms with Crippen molar-refractivity contribution in [3.8, 4) is 0 Å². The van der Waals surface area contributed by atoms with Crippen LogP contribution in [-0.4, -0.2) is 33.6 Å². The van der Waals surface area contributed by atoms with Crippen LogP contribution in [0.4, 0.5) is 4.79 Å². The third kappa shape index (κ3) is 4.60. The highest BCUT2D eigenvalue weighted by atomic mass is 32.2. The number of primary amides is 1. The summed E-state index contributed by atoms with van der Waals surface area (Å²) in [5.41, 5.74) is 5.89. The van der Waals surface area contributed by atoms with Gasteiger partial charge in [-0.1, -0.05) is 11.8 Å². The first-order chi connectivity index (χ1) is 13.7. The average Bonchev–Trinajstić information content (AvgIpc) is 2.91. The third-order valence-electron chi connectivity index (χ3n) is 6.51. The minimum Gasteiger partial charge on any atom is -0.369 e. The number of aryl methyl sites for hydroxylation is 1. The van der Waals surface area contributed by atoms with Crippen molar-refractivity contribution in [2.75, 3.05) is 0 Å². The Morgan fingerprint density at radius 2 is 1.79 bits per heavy atom. The van der Waals surface area contributed by atoms with Crippen LogP contribution in [0.1, 0.15) is 56.0 Å². The van der Waals surface area contributed by atoms with Gasteiger partial charge >= 0.3 is 6.03 Å². The van der Waals surface area contributed by atoms with Gasteiger partial charge in [0.25, 0.3) is 0 Å². The molecule has 1 heterocycles. The first-order valence-corrected chi connectivity index (χ1v) is 12.0. The standard InChI is InChI=1S/C20H28N4O3S2/c1-10-15(6-16(21)25)29-19(22-10)28-11(2)17(26)23-18(27)24-20-7-12-3-13(8-20)5-14(4-12)9-20/h11-14H,3-9H2,1-2H3,(H2,21,25)(H2,23,24,26,27). The Morgan fingerprint density at radius 1 is 1.21 bits per heavy atom. The predicted molar refractivity (Wildman–Crippen MR) is 113 cm³/mol. The van der Waals surface area contributed by atoms with E-state index in [9.17, 15) is 14.4 Å². The molecule has 7 nitrogen and oxygen atoms in total. The molecule has 0 radical (unpaired) electrons. The molecule has 1 aromatic heterocycles. The first-order valence-electron chi connectivity index (χ1n) is 10.3. The predicted octanol–water partition coefficient (Wildman–Crippen LogP) is 2.75. The van der Waals surface area contributed by atoms with E-state index in [1.807, 2.05) is 6.92 Å². The van der Waals surface area contributed by atoms with Crippen LogP contribution in [0.25, 0.3) is 0 Å². The summed E-state index contributed by atoms with van der Waals surface area (Å²) in [5.74, 6) is 1.46. The van der Waals surface area contributed by atoms with Gasteiger partial charge in [-0.25, -0.2) is 9.78 Å². The van der Waals surface area contributed by atoms with Gasteiger partial charge in [-0.15, -0.1) is 11.3 Å². The summed E-state index contributed by atoms with van der Waals surface area (Å²) in [4.78, 5) is 41.4. The summed E-state index contributed by atoms with van der Waals surface area (Å²) < 4.78 is 0.697. The molecule has 4 fully saturated rings. The van der Waals surface area contributed by atoms with Gasteiger partial charge in [0.15, 0.2) is 4.34 Å². The quantitative estimate of drug-likeness (QED) is 0.593. The number of hydrogen-bond acceptors (Lipinski definition) is 6. The minimum absolute atomic E-state index is 0.119. The Hall–Kier alpha value is -1.61. The number of rotatable bonds is 6. The van der Waals surface area contributed by atoms with E-state index >= 15 is 0 Å². The van der Waals surface area contributed by atoms with Gasteiger partial charge in [0, 0.05) is 10.4 Å². The van der Waals surface area contributed by atoms with Crippen LogP contribution in [-0.2, 0) is 16.0 Å². The number of urea groups is 1. The molecule has 1 atom stereocenters. The highest BCUT2D eigenvalue weighted by Gasteiger charge is 2.51. The number of hydrogen-bond donors (Lipinski definition) is 3. The zero-order valence-corrected chi connectivity index (χ0v) is 18.5. The van der Waals surface area contributed by atoms with Gasteiger partial charge < -0.3 is 11.1 Å². The van der Waals surface area contributed by atoms with E-state index in [4.69, 9.17) is 5.73 Å². The van der Waals surface area contributed by atoms with Crippen molar-refractivity contribution < 1.29 is 14.4 Å². The summed E-state index contributed by atoms with van der Waals surface area (Å²) in [5, 5.41) is 5.22. The van der Waals surface area contributed by atoms with E-state index in [0.717, 1.165) is 47.6 Å². The number of nitrogens with two attached hydrogens (primary N) is 1. The molecule has 158 valence electrons. The monoisotopic (exact) mass is 436 g/mol. The second kappa shape index (κ2) is 7.91. The first kappa shape index (κ1) is 20.7. The van der Waals surface area contributed by atoms with Crippen LogP contribution in [0, 0.1) is 24.7 Å². The van der Waals surface area contributed by atoms with Crippen molar-refractivity contribution in [1.82, 2.24) is 15.6 Å². The zero-order chi connectivity index (χ0) is 20.8. The molecular formula is C20H28N4O3S2. The molecule has 4 bridgehead atoms. The molecule has 4 amide bonds. The lowest BCUT2D eigenvalue weighted by Crippen LogP contribution is -2.62. The Kier molecular flexibility index (Phi) is 5.63. The summed E-state index contributed by atoms with van der Waals surface area (Å²) in [6.45, 7) is 3.57. The number of nitrogens with one attached hydrogen (secondary N) is 2. The van der Waals surface area contributed by atoms with E-state index in [1.54, 1.807) is 6.92 Å². The molecule has 0 saturated heterocycles. The molecule has 4 saturated carbocycles. The molecule has 0 aliphatic heterocycles. The second-order valence-electron chi connectivity index (χ2n) is 9.03. The number of thiazole rings is 1. The average molecular weight is 437 g/mol. The molecule has 1 aromatic rings. The smallest absolute Gasteiger partial charge is 0.321 e. The Morgan fingerprint density at radius 3 is 2.34 bits per heavy atom. The van der Waals surface area contributed by atoms with Crippen molar-refractivity contribution in [2.45, 2.75) is 73.9 Å². The molecule has 0 spiro atoms. The summed E-state index contributed by atoms with van der Waals surface area (Å²) in [6.07, 6.45) is 7.21. The van der Waals surface area contributed by atoms with Crippen LogP contribution < -0.4 is 16.4 Å². The largest absolute Gasteiger partial charge is 0.369 e. The van der Waals surface area contributed by atoms with Gasteiger partial charge in [-0.05, 0) is 70.1 Å². The van der Waals surface area contributed by atoms with Crippen molar-refractivity contribution in [3.05, 3.63) is 10.6 Å². The van der Waals surface area contributed by atoms with E-state index < -0.39 is 11.2 Å². The van der Waals surface area contributed by atoms with Crippen molar-refractivity contribution in [1.29, 1.82) is 0 Å². The molecule has 5 rings (SSSR count). The van der Waals surface area contributed by atoms with Crippen LogP contribution in [0.5, 0.6) is 0 Å². The Labute approximate surface area is 179 Å². The number of nitrogens with zero attached hydrogens (tertiary/aromatic N) is 1. The number of amides is 4. The van der Waals surface area contributed by atoms with E-state index in [2.05, 4.69) is 15.6 Å². The van der Waals surface area contributed by atoms with Gasteiger partial charge in [-0.3, -0.25) is 14.9 Å². The van der Waals surface area contributed by atoms with Crippen LogP contribution in [0.15, 0.2) is 4.34 Å². The summed E-state index contributed by atoms with van der Waals surface area (Å²) in [7, 11) is 0. The normalized spacial score (nSPS) is 30.8. The van der Waals surface area contributed by atoms with Crippen LogP contribution in [0.3, 0.4) is 0 Å². The van der Waals surface area contributed by atoms with Crippen LogP contribution in [0.2, 0.25) is 0 Å². The molecule has 1 unspecified atom stereocenters. The highest BCUT2D eigenvalue weighted by Crippen LogP contribution is 2.55. The van der Waals surface area contributed by atoms with E-state index in [1.165, 1.54) is 42.4 Å². The molecule has 0 aromatic carbocycles. The lowest BCUT2D eigenvalue weighted by Gasteiger charge is -2.56. The number of thioether (sulfide) groups is 1. The molecular weight excluding hydrogens is 408 g/mol. The maximum atomic E-state index is 12.6. The molecule has 29 heavy (non-hydrogen) atoms. The lowest BCUT2D eigenvalue weighted by molar-refractivity contribution is -0.119. The minimum atomic E-state index is -0.468. The summed E-state index contributed by atoms with van der Waals surface area (Å²) >= 11 is 2.66. The number of aromatic nitrogens is 1. The fraction of sp³-hybridized carbons (Fsp3) is 0.700. The molecule has 4 aliphatic rings. The van der Waals surface area contributed by atoms with Gasteiger partial charge in [0.2, 0.25) is 11.8 Å². The number of carbonyl (C=O) groups excluding carboxylic acids is 3. The SMILES string of the molecule is Cc1nc(SC(C)C(=O)NC(=O)NC23CC4CC(CC(C4)C2)C3)sc1CC(N)=O. The second-order valence-corrected chi connectivity index (χ2v) is 11.7. The zero-order valence-electron chi connectivity index (χ0n) is 16.8. The van der Waals surface area contributed by atoms with Gasteiger partial charge in [0.05, 0.1) is 17.4 Å². The Balaban J connectivity index is 1.31. The number of carbonyl (C=O) groups is 3. The molecule has 9 heteroatoms. The summed E-state index contributed by atoms with van der Waals surface area (Å²) in [6, 6.07) is -0.380. The van der Waals surface area contributed by atoms with Gasteiger partial charge in [-0.2, -0.15) is 0 Å². The fourth-order valence-corrected chi connectivity index (χ4v) is 8.11. The fourth-order valence-electron chi connectivity index (χ4n) is 5.73. The third-order valence-corrected chi connectivity index (χ3v) is 8.86.